The molecule has 0 aliphatic rings. The molecule has 1 rings (SSSR count). The molecule has 0 aromatic heterocycles. The molecule has 1 aromatic carbocycles. The zero-order chi connectivity index (χ0) is 12.5. The Balaban J connectivity index is 2.39. The number of amides is 1. The van der Waals surface area contributed by atoms with Crippen LogP contribution in [0.4, 0.5) is 5.69 Å². The summed E-state index contributed by atoms with van der Waals surface area (Å²) < 4.78 is 5.16. The van der Waals surface area contributed by atoms with Gasteiger partial charge in [-0.1, -0.05) is 28.1 Å². The minimum absolute atomic E-state index is 0.00840. The quantitative estimate of drug-likeness (QED) is 0.620. The van der Waals surface area contributed by atoms with Crippen LogP contribution in [0.2, 0.25) is 0 Å². The number of benzene rings is 1. The molecule has 0 aliphatic heterocycles. The molecule has 0 spiro atoms. The number of carbonyl (C=O) groups excluding carboxylic acids is 1. The normalized spacial score (nSPS) is 10.0. The van der Waals surface area contributed by atoms with Crippen LogP contribution in [-0.2, 0) is 4.79 Å². The molecule has 0 atom stereocenters. The molecule has 0 saturated heterocycles. The average Bonchev–Trinajstić information content (AvgIpc) is 2.35. The summed E-state index contributed by atoms with van der Waals surface area (Å²) in [6, 6.07) is 7.41. The molecule has 3 nitrogen and oxygen atoms in total. The van der Waals surface area contributed by atoms with Crippen molar-refractivity contribution in [2.24, 2.45) is 0 Å². The summed E-state index contributed by atoms with van der Waals surface area (Å²) >= 11 is 4.99. The highest BCUT2D eigenvalue weighted by atomic mass is 79.9. The van der Waals surface area contributed by atoms with Crippen molar-refractivity contribution in [3.05, 3.63) is 24.3 Å². The maximum absolute atomic E-state index is 11.6. The molecule has 0 fully saturated rings. The van der Waals surface area contributed by atoms with E-state index in [4.69, 9.17) is 4.74 Å². The number of alkyl halides is 1. The number of anilines is 1. The first-order valence-electron chi connectivity index (χ1n) is 5.34. The summed E-state index contributed by atoms with van der Waals surface area (Å²) in [6.45, 7) is 0. The molecule has 0 radical (unpaired) electrons. The van der Waals surface area contributed by atoms with Crippen LogP contribution in [-0.4, -0.2) is 29.9 Å². The largest absolute Gasteiger partial charge is 0.495 e. The van der Waals surface area contributed by atoms with Gasteiger partial charge in [-0.15, -0.1) is 0 Å². The number of halogens is 1. The van der Waals surface area contributed by atoms with E-state index < -0.39 is 0 Å². The summed E-state index contributed by atoms with van der Waals surface area (Å²) in [5.41, 5.74) is 0.723. The summed E-state index contributed by atoms with van der Waals surface area (Å²) in [5.74, 6) is 2.16. The number of thioether (sulfide) groups is 1. The van der Waals surface area contributed by atoms with Crippen LogP contribution < -0.4 is 10.1 Å². The molecular formula is C12H16BrNO2S. The monoisotopic (exact) mass is 317 g/mol. The lowest BCUT2D eigenvalue weighted by Gasteiger charge is -2.09. The topological polar surface area (TPSA) is 38.3 Å². The van der Waals surface area contributed by atoms with Crippen LogP contribution in [0.1, 0.15) is 6.42 Å². The number of rotatable bonds is 7. The number of methoxy groups -OCH3 is 1. The Hall–Kier alpha value is -0.680. The number of ether oxygens (including phenoxy) is 1. The van der Waals surface area contributed by atoms with E-state index in [1.165, 1.54) is 0 Å². The minimum Gasteiger partial charge on any atom is -0.495 e. The molecule has 0 aliphatic carbocycles. The molecule has 1 aromatic rings. The maximum atomic E-state index is 11.6. The Labute approximate surface area is 114 Å². The highest BCUT2D eigenvalue weighted by Crippen LogP contribution is 2.23. The second kappa shape index (κ2) is 8.42. The van der Waals surface area contributed by atoms with Gasteiger partial charge in [-0.3, -0.25) is 4.79 Å². The van der Waals surface area contributed by atoms with Gasteiger partial charge in [0, 0.05) is 5.33 Å². The van der Waals surface area contributed by atoms with Gasteiger partial charge in [0.05, 0.1) is 18.6 Å². The fraction of sp³-hybridized carbons (Fsp3) is 0.417. The average molecular weight is 318 g/mol. The first-order valence-corrected chi connectivity index (χ1v) is 7.62. The SMILES string of the molecule is COc1ccccc1NC(=O)CSCCCBr. The summed E-state index contributed by atoms with van der Waals surface area (Å²) in [5, 5.41) is 3.82. The van der Waals surface area contributed by atoms with Crippen LogP contribution >= 0.6 is 27.7 Å². The highest BCUT2D eigenvalue weighted by Gasteiger charge is 2.06. The molecule has 1 amide bonds. The first kappa shape index (κ1) is 14.4. The van der Waals surface area contributed by atoms with Gasteiger partial charge in [-0.05, 0) is 24.3 Å². The zero-order valence-corrected chi connectivity index (χ0v) is 12.1. The van der Waals surface area contributed by atoms with E-state index >= 15 is 0 Å². The third-order valence-corrected chi connectivity index (χ3v) is 3.64. The summed E-state index contributed by atoms with van der Waals surface area (Å²) in [7, 11) is 1.59. The Morgan fingerprint density at radius 1 is 1.47 bits per heavy atom. The Kier molecular flexibility index (Phi) is 7.12. The van der Waals surface area contributed by atoms with E-state index in [1.807, 2.05) is 24.3 Å². The van der Waals surface area contributed by atoms with Crippen LogP contribution in [0.5, 0.6) is 5.75 Å². The van der Waals surface area contributed by atoms with Crippen molar-refractivity contribution < 1.29 is 9.53 Å². The predicted octanol–water partition coefficient (Wildman–Crippen LogP) is 3.15. The Morgan fingerprint density at radius 3 is 2.94 bits per heavy atom. The van der Waals surface area contributed by atoms with Crippen molar-refractivity contribution in [1.82, 2.24) is 0 Å². The van der Waals surface area contributed by atoms with Gasteiger partial charge < -0.3 is 10.1 Å². The second-order valence-electron chi connectivity index (χ2n) is 3.34. The lowest BCUT2D eigenvalue weighted by atomic mass is 10.3. The Morgan fingerprint density at radius 2 is 2.24 bits per heavy atom. The summed E-state index contributed by atoms with van der Waals surface area (Å²) in [6.07, 6.45) is 1.08. The number of para-hydroxylation sites is 2. The maximum Gasteiger partial charge on any atom is 0.234 e. The molecule has 0 saturated carbocycles. The fourth-order valence-electron chi connectivity index (χ4n) is 1.26. The molecule has 1 N–H and O–H groups in total. The van der Waals surface area contributed by atoms with Crippen LogP contribution in [0.25, 0.3) is 0 Å². The van der Waals surface area contributed by atoms with Crippen LogP contribution in [0.15, 0.2) is 24.3 Å². The van der Waals surface area contributed by atoms with E-state index in [-0.39, 0.29) is 5.91 Å². The van der Waals surface area contributed by atoms with Crippen molar-refractivity contribution >= 4 is 39.3 Å². The van der Waals surface area contributed by atoms with Crippen molar-refractivity contribution in [2.75, 3.05) is 29.3 Å². The third kappa shape index (κ3) is 5.46. The van der Waals surface area contributed by atoms with E-state index in [1.54, 1.807) is 18.9 Å². The van der Waals surface area contributed by atoms with Gasteiger partial charge in [0.2, 0.25) is 5.91 Å². The minimum atomic E-state index is 0.00840. The highest BCUT2D eigenvalue weighted by molar-refractivity contribution is 9.09. The van der Waals surface area contributed by atoms with E-state index in [0.29, 0.717) is 11.5 Å². The van der Waals surface area contributed by atoms with Crippen LogP contribution in [0, 0.1) is 0 Å². The molecule has 0 heterocycles. The van der Waals surface area contributed by atoms with Crippen molar-refractivity contribution in [3.8, 4) is 5.75 Å². The smallest absolute Gasteiger partial charge is 0.234 e. The number of hydrogen-bond donors (Lipinski definition) is 1. The molecule has 0 bridgehead atoms. The lowest BCUT2D eigenvalue weighted by molar-refractivity contribution is -0.113. The molecular weight excluding hydrogens is 302 g/mol. The third-order valence-electron chi connectivity index (χ3n) is 2.04. The standard InChI is InChI=1S/C12H16BrNO2S/c1-16-11-6-3-2-5-10(11)14-12(15)9-17-8-4-7-13/h2-3,5-6H,4,7-9H2,1H3,(H,14,15). The van der Waals surface area contributed by atoms with Gasteiger partial charge in [0.15, 0.2) is 0 Å². The fourth-order valence-corrected chi connectivity index (χ4v) is 2.66. The first-order chi connectivity index (χ1) is 8.27. The zero-order valence-electron chi connectivity index (χ0n) is 9.74. The number of carbonyl (C=O) groups is 1. The van der Waals surface area contributed by atoms with Crippen LogP contribution in [0.3, 0.4) is 0 Å². The van der Waals surface area contributed by atoms with Gasteiger partial charge >= 0.3 is 0 Å². The van der Waals surface area contributed by atoms with Crippen molar-refractivity contribution in [2.45, 2.75) is 6.42 Å². The Bertz CT molecular complexity index is 360. The van der Waals surface area contributed by atoms with E-state index in [9.17, 15) is 4.79 Å². The lowest BCUT2D eigenvalue weighted by Crippen LogP contribution is -2.15. The van der Waals surface area contributed by atoms with E-state index in [0.717, 1.165) is 23.2 Å². The number of hydrogen-bond acceptors (Lipinski definition) is 3. The van der Waals surface area contributed by atoms with Gasteiger partial charge in [0.25, 0.3) is 0 Å². The van der Waals surface area contributed by atoms with Gasteiger partial charge in [-0.25, -0.2) is 0 Å². The van der Waals surface area contributed by atoms with Crippen molar-refractivity contribution in [3.63, 3.8) is 0 Å². The van der Waals surface area contributed by atoms with Gasteiger partial charge in [0.1, 0.15) is 5.75 Å². The van der Waals surface area contributed by atoms with E-state index in [2.05, 4.69) is 21.2 Å². The molecule has 17 heavy (non-hydrogen) atoms. The summed E-state index contributed by atoms with van der Waals surface area (Å²) in [4.78, 5) is 11.6. The van der Waals surface area contributed by atoms with Crippen molar-refractivity contribution in [1.29, 1.82) is 0 Å². The molecule has 5 heteroatoms. The molecule has 0 unspecified atom stereocenters. The molecule has 94 valence electrons. The predicted molar refractivity (Wildman–Crippen MR) is 77.4 cm³/mol. The van der Waals surface area contributed by atoms with Gasteiger partial charge in [-0.2, -0.15) is 11.8 Å². The second-order valence-corrected chi connectivity index (χ2v) is 5.24. The number of nitrogens with one attached hydrogen (secondary N) is 1.